The van der Waals surface area contributed by atoms with Gasteiger partial charge in [0.15, 0.2) is 11.5 Å². The Hall–Kier alpha value is -3.65. The first-order valence-corrected chi connectivity index (χ1v) is 8.57. The Kier molecular flexibility index (Phi) is 4.54. The van der Waals surface area contributed by atoms with Gasteiger partial charge < -0.3 is 15.9 Å². The van der Waals surface area contributed by atoms with Gasteiger partial charge in [-0.3, -0.25) is 0 Å². The monoisotopic (exact) mass is 376 g/mol. The van der Waals surface area contributed by atoms with Gasteiger partial charge in [0.1, 0.15) is 5.82 Å². The van der Waals surface area contributed by atoms with Crippen LogP contribution in [0, 0.1) is 12.7 Å². The first-order valence-electron chi connectivity index (χ1n) is 8.57. The van der Waals surface area contributed by atoms with Crippen molar-refractivity contribution >= 4 is 5.82 Å². The topological polar surface area (TPSA) is 117 Å². The van der Waals surface area contributed by atoms with Crippen LogP contribution in [0.5, 0.6) is 0 Å². The summed E-state index contributed by atoms with van der Waals surface area (Å²) >= 11 is 0. The van der Waals surface area contributed by atoms with E-state index in [1.54, 1.807) is 18.3 Å². The molecule has 7 nitrogen and oxygen atoms in total. The Morgan fingerprint density at radius 1 is 1.04 bits per heavy atom. The lowest BCUT2D eigenvalue weighted by Gasteiger charge is -2.05. The molecule has 0 aliphatic rings. The molecule has 0 saturated carbocycles. The minimum Gasteiger partial charge on any atom is -0.414 e. The molecule has 28 heavy (non-hydrogen) atoms. The highest BCUT2D eigenvalue weighted by molar-refractivity contribution is 5.69. The first kappa shape index (κ1) is 17.7. The van der Waals surface area contributed by atoms with Crippen molar-refractivity contribution in [2.45, 2.75) is 13.5 Å². The zero-order chi connectivity index (χ0) is 19.7. The standard InChI is InChI=1S/C20H17FN6O/c1-11-2-5-13(6-3-11)16-10-24-18(23)17(25-16)20-27-26-19(28-20)14-7-4-12(9-22)8-15(14)21/h2-8,10H,9,22H2,1H3,(H2,23,24). The zero-order valence-corrected chi connectivity index (χ0v) is 15.1. The summed E-state index contributed by atoms with van der Waals surface area (Å²) < 4.78 is 19.9. The summed E-state index contributed by atoms with van der Waals surface area (Å²) in [6.07, 6.45) is 1.58. The molecule has 0 spiro atoms. The number of nitrogen functional groups attached to an aromatic ring is 1. The van der Waals surface area contributed by atoms with Crippen molar-refractivity contribution < 1.29 is 8.81 Å². The molecule has 4 rings (SSSR count). The van der Waals surface area contributed by atoms with Gasteiger partial charge in [-0.2, -0.15) is 0 Å². The molecule has 8 heteroatoms. The van der Waals surface area contributed by atoms with Crippen LogP contribution >= 0.6 is 0 Å². The number of hydrogen-bond donors (Lipinski definition) is 2. The highest BCUT2D eigenvalue weighted by Crippen LogP contribution is 2.29. The summed E-state index contributed by atoms with van der Waals surface area (Å²) in [6, 6.07) is 12.4. The van der Waals surface area contributed by atoms with Crippen molar-refractivity contribution in [1.29, 1.82) is 0 Å². The normalized spacial score (nSPS) is 11.0. The van der Waals surface area contributed by atoms with Crippen LogP contribution in [0.15, 0.2) is 53.1 Å². The van der Waals surface area contributed by atoms with Gasteiger partial charge in [-0.25, -0.2) is 14.4 Å². The predicted molar refractivity (Wildman–Crippen MR) is 103 cm³/mol. The van der Waals surface area contributed by atoms with Crippen molar-refractivity contribution in [2.24, 2.45) is 5.73 Å². The molecule has 4 N–H and O–H groups in total. The van der Waals surface area contributed by atoms with Crippen molar-refractivity contribution in [3.05, 3.63) is 65.6 Å². The van der Waals surface area contributed by atoms with Gasteiger partial charge in [-0.1, -0.05) is 35.9 Å². The molecule has 0 unspecified atom stereocenters. The summed E-state index contributed by atoms with van der Waals surface area (Å²) in [5.74, 6) is -0.259. The number of anilines is 1. The maximum atomic E-state index is 14.3. The van der Waals surface area contributed by atoms with Gasteiger partial charge in [0.05, 0.1) is 17.5 Å². The number of nitrogens with two attached hydrogens (primary N) is 2. The van der Waals surface area contributed by atoms with E-state index >= 15 is 0 Å². The fraction of sp³-hybridized carbons (Fsp3) is 0.100. The minimum atomic E-state index is -0.495. The number of hydrogen-bond acceptors (Lipinski definition) is 7. The summed E-state index contributed by atoms with van der Waals surface area (Å²) in [7, 11) is 0. The van der Waals surface area contributed by atoms with Gasteiger partial charge in [0, 0.05) is 12.1 Å². The van der Waals surface area contributed by atoms with Gasteiger partial charge in [0.25, 0.3) is 11.8 Å². The molecule has 0 fully saturated rings. The van der Waals surface area contributed by atoms with Crippen LogP contribution in [-0.4, -0.2) is 20.2 Å². The molecule has 0 aliphatic carbocycles. The number of halogens is 1. The fourth-order valence-electron chi connectivity index (χ4n) is 2.71. The van der Waals surface area contributed by atoms with Crippen molar-refractivity contribution in [3.8, 4) is 34.3 Å². The van der Waals surface area contributed by atoms with E-state index in [0.29, 0.717) is 11.3 Å². The molecule has 2 heterocycles. The Bertz CT molecular complexity index is 1140. The number of aromatic nitrogens is 4. The van der Waals surface area contributed by atoms with Crippen LogP contribution < -0.4 is 11.5 Å². The second-order valence-electron chi connectivity index (χ2n) is 6.29. The highest BCUT2D eigenvalue weighted by Gasteiger charge is 2.18. The Morgan fingerprint density at radius 2 is 1.79 bits per heavy atom. The summed E-state index contributed by atoms with van der Waals surface area (Å²) in [4.78, 5) is 8.68. The first-order chi connectivity index (χ1) is 13.5. The maximum Gasteiger partial charge on any atom is 0.270 e. The van der Waals surface area contributed by atoms with Crippen molar-refractivity contribution in [1.82, 2.24) is 20.2 Å². The van der Waals surface area contributed by atoms with Gasteiger partial charge in [0.2, 0.25) is 0 Å². The molecule has 0 amide bonds. The van der Waals surface area contributed by atoms with E-state index in [1.165, 1.54) is 6.07 Å². The van der Waals surface area contributed by atoms with Crippen LogP contribution in [0.2, 0.25) is 0 Å². The summed E-state index contributed by atoms with van der Waals surface area (Å²) in [6.45, 7) is 2.24. The molecular weight excluding hydrogens is 359 g/mol. The van der Waals surface area contributed by atoms with E-state index in [-0.39, 0.29) is 35.4 Å². The molecular formula is C20H17FN6O. The van der Waals surface area contributed by atoms with Crippen LogP contribution in [0.3, 0.4) is 0 Å². The molecule has 0 radical (unpaired) electrons. The lowest BCUT2D eigenvalue weighted by molar-refractivity contribution is 0.568. The lowest BCUT2D eigenvalue weighted by atomic mass is 10.1. The molecule has 2 aromatic carbocycles. The number of benzene rings is 2. The quantitative estimate of drug-likeness (QED) is 0.561. The third kappa shape index (κ3) is 3.33. The van der Waals surface area contributed by atoms with E-state index in [2.05, 4.69) is 20.2 Å². The highest BCUT2D eigenvalue weighted by atomic mass is 19.1. The number of nitrogens with zero attached hydrogens (tertiary/aromatic N) is 4. The SMILES string of the molecule is Cc1ccc(-c2cnc(N)c(-c3nnc(-c4ccc(CN)cc4F)o3)n2)cc1. The number of rotatable bonds is 4. The van der Waals surface area contributed by atoms with Crippen LogP contribution in [0.4, 0.5) is 10.2 Å². The molecule has 0 aliphatic heterocycles. The van der Waals surface area contributed by atoms with E-state index < -0.39 is 5.82 Å². The third-order valence-electron chi connectivity index (χ3n) is 4.28. The number of aryl methyl sites for hydroxylation is 1. The van der Waals surface area contributed by atoms with Crippen molar-refractivity contribution in [2.75, 3.05) is 5.73 Å². The van der Waals surface area contributed by atoms with Gasteiger partial charge in [-0.15, -0.1) is 10.2 Å². The summed E-state index contributed by atoms with van der Waals surface area (Å²) in [5.41, 5.74) is 15.2. The Morgan fingerprint density at radius 3 is 2.50 bits per heavy atom. The van der Waals surface area contributed by atoms with E-state index in [9.17, 15) is 4.39 Å². The zero-order valence-electron chi connectivity index (χ0n) is 15.1. The van der Waals surface area contributed by atoms with Crippen LogP contribution in [-0.2, 0) is 6.54 Å². The second kappa shape index (κ2) is 7.16. The third-order valence-corrected chi connectivity index (χ3v) is 4.28. The predicted octanol–water partition coefficient (Wildman–Crippen LogP) is 3.35. The maximum absolute atomic E-state index is 14.3. The van der Waals surface area contributed by atoms with Gasteiger partial charge in [-0.05, 0) is 24.6 Å². The lowest BCUT2D eigenvalue weighted by Crippen LogP contribution is -1.99. The fourth-order valence-corrected chi connectivity index (χ4v) is 2.71. The Balaban J connectivity index is 1.72. The molecule has 0 saturated heterocycles. The van der Waals surface area contributed by atoms with Crippen LogP contribution in [0.25, 0.3) is 34.3 Å². The molecule has 2 aromatic heterocycles. The van der Waals surface area contributed by atoms with Gasteiger partial charge >= 0.3 is 0 Å². The van der Waals surface area contributed by atoms with Crippen LogP contribution in [0.1, 0.15) is 11.1 Å². The second-order valence-corrected chi connectivity index (χ2v) is 6.29. The van der Waals surface area contributed by atoms with E-state index in [1.807, 2.05) is 31.2 Å². The molecule has 140 valence electrons. The molecule has 0 bridgehead atoms. The van der Waals surface area contributed by atoms with Crippen molar-refractivity contribution in [3.63, 3.8) is 0 Å². The average molecular weight is 376 g/mol. The Labute approximate surface area is 160 Å². The van der Waals surface area contributed by atoms with E-state index in [4.69, 9.17) is 15.9 Å². The largest absolute Gasteiger partial charge is 0.414 e. The summed E-state index contributed by atoms with van der Waals surface area (Å²) in [5, 5.41) is 7.89. The molecule has 0 atom stereocenters. The minimum absolute atomic E-state index is 0.0259. The smallest absolute Gasteiger partial charge is 0.270 e. The van der Waals surface area contributed by atoms with E-state index in [0.717, 1.165) is 11.1 Å². The average Bonchev–Trinajstić information content (AvgIpc) is 3.18. The molecule has 4 aromatic rings.